The lowest BCUT2D eigenvalue weighted by molar-refractivity contribution is 0.318. The minimum Gasteiger partial charge on any atom is -0.491 e. The van der Waals surface area contributed by atoms with Gasteiger partial charge in [-0.15, -0.1) is 0 Å². The molecule has 1 aromatic rings. The van der Waals surface area contributed by atoms with Gasteiger partial charge in [0.05, 0.1) is 12.3 Å². The molecule has 3 heterocycles. The van der Waals surface area contributed by atoms with Crippen LogP contribution >= 0.6 is 12.2 Å². The minimum atomic E-state index is 0.625. The smallest absolute Gasteiger partial charge is 0.189 e. The van der Waals surface area contributed by atoms with Gasteiger partial charge in [-0.1, -0.05) is 0 Å². The highest BCUT2D eigenvalue weighted by atomic mass is 32.1. The summed E-state index contributed by atoms with van der Waals surface area (Å²) in [7, 11) is 0. The van der Waals surface area contributed by atoms with Crippen LogP contribution in [0.1, 0.15) is 12.1 Å². The highest BCUT2D eigenvalue weighted by molar-refractivity contribution is 7.80. The average molecular weight is 291 g/mol. The summed E-state index contributed by atoms with van der Waals surface area (Å²) in [6.07, 6.45) is 2.48. The fourth-order valence-electron chi connectivity index (χ4n) is 2.26. The number of nitrogens with one attached hydrogen (secondary N) is 2. The van der Waals surface area contributed by atoms with E-state index in [1.807, 2.05) is 12.1 Å². The molecule has 0 atom stereocenters. The number of hydrogen-bond donors (Lipinski definition) is 2. The van der Waals surface area contributed by atoms with Crippen molar-refractivity contribution in [3.63, 3.8) is 0 Å². The molecule has 1 aromatic heterocycles. The number of aromatic nitrogens is 1. The van der Waals surface area contributed by atoms with Crippen LogP contribution in [0.3, 0.4) is 0 Å². The molecule has 0 saturated carbocycles. The van der Waals surface area contributed by atoms with Gasteiger partial charge in [-0.3, -0.25) is 10.4 Å². The van der Waals surface area contributed by atoms with Gasteiger partial charge in [0, 0.05) is 38.8 Å². The fourth-order valence-corrected chi connectivity index (χ4v) is 2.49. The Morgan fingerprint density at radius 3 is 3.15 bits per heavy atom. The Balaban J connectivity index is 1.69. The zero-order chi connectivity index (χ0) is 13.8. The third kappa shape index (κ3) is 2.88. The molecule has 0 radical (unpaired) electrons. The average Bonchev–Trinajstić information content (AvgIpc) is 2.53. The number of nitrogens with zero attached hydrogens (tertiary/aromatic N) is 3. The van der Waals surface area contributed by atoms with Crippen LogP contribution in [0.2, 0.25) is 0 Å². The van der Waals surface area contributed by atoms with Gasteiger partial charge >= 0.3 is 0 Å². The zero-order valence-electron chi connectivity index (χ0n) is 11.1. The van der Waals surface area contributed by atoms with E-state index in [9.17, 15) is 0 Å². The first-order chi connectivity index (χ1) is 9.84. The van der Waals surface area contributed by atoms with E-state index in [-0.39, 0.29) is 0 Å². The normalized spacial score (nSPS) is 20.2. The Bertz CT molecular complexity index is 527. The summed E-state index contributed by atoms with van der Waals surface area (Å²) in [5.41, 5.74) is 4.68. The molecule has 1 saturated heterocycles. The molecular weight excluding hydrogens is 274 g/mol. The monoisotopic (exact) mass is 291 g/mol. The molecule has 2 aliphatic rings. The van der Waals surface area contributed by atoms with Gasteiger partial charge < -0.3 is 15.0 Å². The van der Waals surface area contributed by atoms with E-state index < -0.39 is 0 Å². The Hall–Kier alpha value is -1.73. The van der Waals surface area contributed by atoms with Gasteiger partial charge in [-0.05, 0) is 24.4 Å². The predicted octanol–water partition coefficient (Wildman–Crippen LogP) is 0.348. The Kier molecular flexibility index (Phi) is 4.08. The molecule has 0 unspecified atom stereocenters. The quantitative estimate of drug-likeness (QED) is 0.575. The standard InChI is InChI=1S/C13H17N5OS/c20-13(18-7-5-14-6-8-18)17-16-10-3-9-19-11-2-1-4-15-12(10)11/h1-2,4,14H,3,5-9H2,(H,17,20)/b16-10-. The molecule has 106 valence electrons. The van der Waals surface area contributed by atoms with Crippen LogP contribution in [0, 0.1) is 0 Å². The Labute approximate surface area is 123 Å². The molecule has 0 bridgehead atoms. The van der Waals surface area contributed by atoms with Gasteiger partial charge in [0.1, 0.15) is 11.4 Å². The highest BCUT2D eigenvalue weighted by Crippen LogP contribution is 2.21. The van der Waals surface area contributed by atoms with Crippen molar-refractivity contribution in [3.8, 4) is 5.75 Å². The maximum Gasteiger partial charge on any atom is 0.189 e. The van der Waals surface area contributed by atoms with E-state index in [1.54, 1.807) is 6.20 Å². The minimum absolute atomic E-state index is 0.625. The van der Waals surface area contributed by atoms with Gasteiger partial charge in [0.2, 0.25) is 0 Å². The van der Waals surface area contributed by atoms with E-state index in [0.29, 0.717) is 11.7 Å². The van der Waals surface area contributed by atoms with Crippen LogP contribution in [-0.4, -0.2) is 53.5 Å². The topological polar surface area (TPSA) is 61.8 Å². The third-order valence-corrected chi connectivity index (χ3v) is 3.68. The summed E-state index contributed by atoms with van der Waals surface area (Å²) in [6.45, 7) is 4.36. The van der Waals surface area contributed by atoms with Crippen molar-refractivity contribution in [2.75, 3.05) is 32.8 Å². The van der Waals surface area contributed by atoms with Crippen LogP contribution in [0.5, 0.6) is 5.75 Å². The number of hydrazone groups is 1. The van der Waals surface area contributed by atoms with Crippen molar-refractivity contribution in [1.82, 2.24) is 20.6 Å². The number of pyridine rings is 1. The van der Waals surface area contributed by atoms with Crippen molar-refractivity contribution in [3.05, 3.63) is 24.0 Å². The molecular formula is C13H17N5OS. The molecule has 6 nitrogen and oxygen atoms in total. The van der Waals surface area contributed by atoms with Crippen molar-refractivity contribution in [2.45, 2.75) is 6.42 Å². The summed E-state index contributed by atoms with van der Waals surface area (Å²) >= 11 is 5.37. The maximum absolute atomic E-state index is 5.55. The first kappa shape index (κ1) is 13.3. The van der Waals surface area contributed by atoms with Gasteiger partial charge in [-0.2, -0.15) is 5.10 Å². The molecule has 0 spiro atoms. The van der Waals surface area contributed by atoms with Crippen molar-refractivity contribution < 1.29 is 4.74 Å². The number of hydrogen-bond acceptors (Lipinski definition) is 5. The lowest BCUT2D eigenvalue weighted by Crippen LogP contribution is -2.49. The van der Waals surface area contributed by atoms with E-state index in [4.69, 9.17) is 17.0 Å². The lowest BCUT2D eigenvalue weighted by atomic mass is 10.1. The Morgan fingerprint density at radius 2 is 2.30 bits per heavy atom. The number of thiocarbonyl (C=S) groups is 1. The zero-order valence-corrected chi connectivity index (χ0v) is 11.9. The molecule has 7 heteroatoms. The summed E-state index contributed by atoms with van der Waals surface area (Å²) in [4.78, 5) is 6.45. The van der Waals surface area contributed by atoms with Crippen molar-refractivity contribution >= 4 is 23.0 Å². The van der Waals surface area contributed by atoms with Crippen LogP contribution in [0.25, 0.3) is 0 Å². The molecule has 20 heavy (non-hydrogen) atoms. The number of ether oxygens (including phenoxy) is 1. The van der Waals surface area contributed by atoms with E-state index in [2.05, 4.69) is 25.7 Å². The van der Waals surface area contributed by atoms with Crippen LogP contribution in [0.15, 0.2) is 23.4 Å². The fraction of sp³-hybridized carbons (Fsp3) is 0.462. The molecule has 0 aromatic carbocycles. The SMILES string of the molecule is S=C(N/N=C1/CCOc2cccnc21)N1CCNCC1. The molecule has 2 aliphatic heterocycles. The summed E-state index contributed by atoms with van der Waals surface area (Å²) in [5.74, 6) is 0.785. The van der Waals surface area contributed by atoms with Crippen molar-refractivity contribution in [2.24, 2.45) is 5.10 Å². The second kappa shape index (κ2) is 6.15. The van der Waals surface area contributed by atoms with Crippen LogP contribution < -0.4 is 15.5 Å². The second-order valence-corrected chi connectivity index (χ2v) is 5.05. The summed E-state index contributed by atoms with van der Waals surface area (Å²) in [5, 5.41) is 8.39. The largest absolute Gasteiger partial charge is 0.491 e. The summed E-state index contributed by atoms with van der Waals surface area (Å²) < 4.78 is 5.55. The molecule has 0 amide bonds. The maximum atomic E-state index is 5.55. The second-order valence-electron chi connectivity index (χ2n) is 4.66. The number of rotatable bonds is 1. The van der Waals surface area contributed by atoms with Gasteiger partial charge in [0.25, 0.3) is 0 Å². The number of piperazine rings is 1. The van der Waals surface area contributed by atoms with Crippen molar-refractivity contribution in [1.29, 1.82) is 0 Å². The van der Waals surface area contributed by atoms with Crippen LogP contribution in [0.4, 0.5) is 0 Å². The van der Waals surface area contributed by atoms with E-state index >= 15 is 0 Å². The number of fused-ring (bicyclic) bond motifs is 1. The first-order valence-electron chi connectivity index (χ1n) is 6.75. The first-order valence-corrected chi connectivity index (χ1v) is 7.16. The Morgan fingerprint density at radius 1 is 1.45 bits per heavy atom. The molecule has 0 aliphatic carbocycles. The van der Waals surface area contributed by atoms with Gasteiger partial charge in [-0.25, -0.2) is 0 Å². The van der Waals surface area contributed by atoms with E-state index in [1.165, 1.54) is 0 Å². The van der Waals surface area contributed by atoms with Crippen LogP contribution in [-0.2, 0) is 0 Å². The van der Waals surface area contributed by atoms with E-state index in [0.717, 1.165) is 49.8 Å². The lowest BCUT2D eigenvalue weighted by Gasteiger charge is -2.29. The molecule has 3 rings (SSSR count). The molecule has 2 N–H and O–H groups in total. The third-order valence-electron chi connectivity index (χ3n) is 3.33. The predicted molar refractivity (Wildman–Crippen MR) is 81.1 cm³/mol. The highest BCUT2D eigenvalue weighted by Gasteiger charge is 2.18. The molecule has 1 fully saturated rings. The van der Waals surface area contributed by atoms with Gasteiger partial charge in [0.15, 0.2) is 5.11 Å². The summed E-state index contributed by atoms with van der Waals surface area (Å²) in [6, 6.07) is 3.77.